The number of likely N-dealkylation sites (tertiary alicyclic amines) is 2. The summed E-state index contributed by atoms with van der Waals surface area (Å²) in [6.45, 7) is 13.1. The minimum Gasteiger partial charge on any atom is -0.472 e. The van der Waals surface area contributed by atoms with Crippen molar-refractivity contribution in [2.75, 3.05) is 50.8 Å². The second-order valence-corrected chi connectivity index (χ2v) is 19.1. The number of nitrogens with zero attached hydrogens (tertiary/aromatic N) is 5. The maximum atomic E-state index is 13.5. The minimum atomic E-state index is -0.215. The number of piperidine rings is 2. The van der Waals surface area contributed by atoms with Crippen LogP contribution in [0.4, 0.5) is 5.13 Å². The van der Waals surface area contributed by atoms with Crippen molar-refractivity contribution >= 4 is 40.2 Å². The molecule has 2 atom stereocenters. The van der Waals surface area contributed by atoms with E-state index in [9.17, 15) is 10.1 Å². The van der Waals surface area contributed by atoms with E-state index in [0.29, 0.717) is 17.9 Å². The smallest absolute Gasteiger partial charge is 0.264 e. The number of benzene rings is 2. The van der Waals surface area contributed by atoms with Crippen LogP contribution in [-0.2, 0) is 16.1 Å². The number of carbonyl (C=O) groups excluding carboxylic acids is 1. The van der Waals surface area contributed by atoms with Crippen molar-refractivity contribution in [3.63, 3.8) is 0 Å². The number of allylic oxidation sites excluding steroid dienone is 1. The Kier molecular flexibility index (Phi) is 12.9. The molecular weight excluding hydrogens is 723 g/mol. The normalized spacial score (nSPS) is 21.0. The molecule has 1 amide bonds. The Balaban J connectivity index is 0.811. The summed E-state index contributed by atoms with van der Waals surface area (Å²) in [4.78, 5) is 25.3. The largest absolute Gasteiger partial charge is 0.472 e. The lowest BCUT2D eigenvalue weighted by Gasteiger charge is -2.42. The summed E-state index contributed by atoms with van der Waals surface area (Å²) < 4.78 is 7.31. The van der Waals surface area contributed by atoms with Crippen molar-refractivity contribution in [2.45, 2.75) is 88.4 Å². The van der Waals surface area contributed by atoms with E-state index in [0.717, 1.165) is 66.8 Å². The van der Waals surface area contributed by atoms with Gasteiger partial charge < -0.3 is 25.2 Å². The van der Waals surface area contributed by atoms with E-state index >= 15 is 0 Å². The molecule has 3 fully saturated rings. The van der Waals surface area contributed by atoms with Crippen molar-refractivity contribution in [2.24, 2.45) is 17.3 Å². The zero-order chi connectivity index (χ0) is 38.4. The highest BCUT2D eigenvalue weighted by atomic mass is 32.2. The lowest BCUT2D eigenvalue weighted by molar-refractivity contribution is -0.128. The van der Waals surface area contributed by atoms with Crippen LogP contribution in [0.5, 0.6) is 0 Å². The van der Waals surface area contributed by atoms with Gasteiger partial charge in [0.05, 0.1) is 22.2 Å². The molecule has 2 aromatic carbocycles. The van der Waals surface area contributed by atoms with E-state index in [-0.39, 0.29) is 29.2 Å². The molecule has 3 aliphatic heterocycles. The van der Waals surface area contributed by atoms with Gasteiger partial charge in [0.1, 0.15) is 17.4 Å². The van der Waals surface area contributed by atoms with Gasteiger partial charge in [-0.05, 0) is 99.3 Å². The van der Waals surface area contributed by atoms with Gasteiger partial charge in [0.2, 0.25) is 0 Å². The minimum absolute atomic E-state index is 0.0147. The third kappa shape index (κ3) is 10.5. The highest BCUT2D eigenvalue weighted by Crippen LogP contribution is 2.44. The molecule has 2 N–H and O–H groups in total. The Bertz CT molecular complexity index is 1830. The Hall–Kier alpha value is -3.82. The fraction of sp³-hybridized carbons (Fsp3) is 0.523. The average molecular weight is 780 g/mol. The van der Waals surface area contributed by atoms with Crippen molar-refractivity contribution in [1.29, 1.82) is 5.26 Å². The molecule has 0 spiro atoms. The van der Waals surface area contributed by atoms with Gasteiger partial charge in [0.25, 0.3) is 5.91 Å². The fourth-order valence-electron chi connectivity index (χ4n) is 8.10. The number of ether oxygens (including phenoxy) is 1. The number of aromatic nitrogens is 1. The number of hydrogen-bond acceptors (Lipinski definition) is 10. The summed E-state index contributed by atoms with van der Waals surface area (Å²) in [6.07, 6.45) is 12.9. The molecule has 9 nitrogen and oxygen atoms in total. The molecule has 4 heterocycles. The summed E-state index contributed by atoms with van der Waals surface area (Å²) in [5, 5.41) is 17.9. The van der Waals surface area contributed by atoms with E-state index in [4.69, 9.17) is 4.74 Å². The lowest BCUT2D eigenvalue weighted by Crippen LogP contribution is -2.48. The molecule has 55 heavy (non-hydrogen) atoms. The van der Waals surface area contributed by atoms with Crippen molar-refractivity contribution in [3.8, 4) is 6.07 Å². The van der Waals surface area contributed by atoms with E-state index < -0.39 is 0 Å². The third-order valence-corrected chi connectivity index (χ3v) is 13.7. The molecule has 292 valence electrons. The fourth-order valence-corrected chi connectivity index (χ4v) is 9.94. The molecule has 4 aliphatic rings. The second-order valence-electron chi connectivity index (χ2n) is 16.7. The molecule has 2 unspecified atom stereocenters. The maximum Gasteiger partial charge on any atom is 0.264 e. The summed E-state index contributed by atoms with van der Waals surface area (Å²) in [5.41, 5.74) is 3.53. The summed E-state index contributed by atoms with van der Waals surface area (Å²) in [5.74, 6) is 2.78. The van der Waals surface area contributed by atoms with Gasteiger partial charge in [0, 0.05) is 37.8 Å². The van der Waals surface area contributed by atoms with Crippen molar-refractivity contribution < 1.29 is 9.53 Å². The molecule has 1 aromatic heterocycles. The first-order valence-electron chi connectivity index (χ1n) is 20.1. The van der Waals surface area contributed by atoms with Crippen LogP contribution >= 0.6 is 23.1 Å². The predicted octanol–water partition coefficient (Wildman–Crippen LogP) is 8.37. The van der Waals surface area contributed by atoms with Crippen molar-refractivity contribution in [3.05, 3.63) is 95.0 Å². The summed E-state index contributed by atoms with van der Waals surface area (Å²) in [7, 11) is 1.85. The van der Waals surface area contributed by atoms with Crippen LogP contribution in [0.15, 0.2) is 82.5 Å². The number of amides is 1. The number of thioether (sulfide) groups is 1. The first kappa shape index (κ1) is 39.4. The van der Waals surface area contributed by atoms with Crippen LogP contribution in [0.1, 0.15) is 82.0 Å². The first-order chi connectivity index (χ1) is 26.6. The second kappa shape index (κ2) is 18.0. The van der Waals surface area contributed by atoms with Gasteiger partial charge in [-0.3, -0.25) is 9.69 Å². The number of nitriles is 1. The van der Waals surface area contributed by atoms with Crippen molar-refractivity contribution in [1.82, 2.24) is 25.0 Å². The van der Waals surface area contributed by atoms with Gasteiger partial charge in [-0.15, -0.1) is 11.8 Å². The number of anilines is 1. The molecule has 3 aromatic rings. The van der Waals surface area contributed by atoms with Gasteiger partial charge >= 0.3 is 0 Å². The van der Waals surface area contributed by atoms with Gasteiger partial charge in [0.15, 0.2) is 11.4 Å². The van der Waals surface area contributed by atoms with Gasteiger partial charge in [-0.25, -0.2) is 4.98 Å². The highest BCUT2D eigenvalue weighted by molar-refractivity contribution is 8.01. The van der Waals surface area contributed by atoms with Crippen LogP contribution in [0.2, 0.25) is 0 Å². The van der Waals surface area contributed by atoms with E-state index in [1.54, 1.807) is 34.1 Å². The third-order valence-electron chi connectivity index (χ3n) is 11.5. The lowest BCUT2D eigenvalue weighted by atomic mass is 9.93. The molecular formula is C44H57N7O2S2. The summed E-state index contributed by atoms with van der Waals surface area (Å²) >= 11 is 3.54. The number of likely N-dealkylation sites (N-methyl/N-ethyl adjacent to an activating group) is 1. The van der Waals surface area contributed by atoms with E-state index in [1.807, 2.05) is 49.8 Å². The molecule has 0 radical (unpaired) electrons. The maximum absolute atomic E-state index is 13.5. The number of hydrogen-bond donors (Lipinski definition) is 2. The Labute approximate surface area is 336 Å². The number of nitrogens with one attached hydrogen (secondary N) is 2. The molecule has 2 saturated heterocycles. The van der Waals surface area contributed by atoms with E-state index in [2.05, 4.69) is 76.5 Å². The topological polar surface area (TPSA) is 96.8 Å². The number of thiazole rings is 1. The van der Waals surface area contributed by atoms with Gasteiger partial charge in [-0.2, -0.15) is 5.26 Å². The molecule has 1 aliphatic carbocycles. The Morgan fingerprint density at radius 2 is 1.80 bits per heavy atom. The van der Waals surface area contributed by atoms with Crippen LogP contribution in [0.3, 0.4) is 0 Å². The van der Waals surface area contributed by atoms with Crippen LogP contribution in [-0.4, -0.2) is 83.4 Å². The van der Waals surface area contributed by atoms with Crippen LogP contribution in [0, 0.1) is 28.6 Å². The first-order valence-corrected chi connectivity index (χ1v) is 21.9. The molecule has 0 bridgehead atoms. The number of rotatable bonds is 14. The SMILES string of the molecule is CN(C(=O)/C(C#N)=C/c1ccccc1)C(c1ccc(CN2CCC(N3CCC(CNc4ncc(SCC5NC=C(C(C)(C)C)O5)s4)CC3)CC2)cc1)C1CC1. The Morgan fingerprint density at radius 3 is 2.45 bits per heavy atom. The highest BCUT2D eigenvalue weighted by Gasteiger charge is 2.38. The zero-order valence-corrected chi connectivity index (χ0v) is 34.5. The Morgan fingerprint density at radius 1 is 1.07 bits per heavy atom. The van der Waals surface area contributed by atoms with Crippen LogP contribution < -0.4 is 10.6 Å². The predicted molar refractivity (Wildman–Crippen MR) is 224 cm³/mol. The van der Waals surface area contributed by atoms with E-state index in [1.165, 1.54) is 48.5 Å². The van der Waals surface area contributed by atoms with Crippen LogP contribution in [0.25, 0.3) is 6.08 Å². The molecule has 1 saturated carbocycles. The summed E-state index contributed by atoms with van der Waals surface area (Å²) in [6, 6.07) is 21.3. The monoisotopic (exact) mass is 779 g/mol. The van der Waals surface area contributed by atoms with Gasteiger partial charge in [-0.1, -0.05) is 86.7 Å². The zero-order valence-electron chi connectivity index (χ0n) is 32.9. The molecule has 11 heteroatoms. The molecule has 7 rings (SSSR count). The quantitative estimate of drug-likeness (QED) is 0.0951. The average Bonchev–Trinajstić information content (AvgIpc) is 3.70. The standard InChI is InChI=1S/C44H57N7O2S2/c1-44(2,3)38-27-46-39(53-38)30-54-40-28-48-43(55-40)47-26-32-16-22-51(23-17-32)37-18-20-50(21-19-37)29-33-10-12-34(13-11-33)41(35-14-15-35)49(4)42(52)36(25-45)24-31-8-6-5-7-9-31/h5-13,24,27-28,32,35,37,39,41,46H,14-23,26,29-30H2,1-4H3,(H,47,48)/b36-24+. The number of carbonyl (C=O) groups is 1.